The number of aromatic nitrogens is 4. The summed E-state index contributed by atoms with van der Waals surface area (Å²) in [5.41, 5.74) is 3.86. The molecule has 2 aliphatic rings. The summed E-state index contributed by atoms with van der Waals surface area (Å²) in [5, 5.41) is 6.08. The smallest absolute Gasteiger partial charge is 0.223 e. The Hall–Kier alpha value is -1.80. The van der Waals surface area contributed by atoms with Gasteiger partial charge in [0.25, 0.3) is 0 Å². The number of ether oxygens (including phenoxy) is 2. The van der Waals surface area contributed by atoms with Crippen molar-refractivity contribution in [1.82, 2.24) is 24.2 Å². The van der Waals surface area contributed by atoms with Crippen LogP contribution < -0.4 is 0 Å². The van der Waals surface area contributed by atoms with Crippen LogP contribution in [0.1, 0.15) is 30.7 Å². The molecule has 11 heteroatoms. The number of nitrogens with zero attached hydrogens (tertiary/aromatic N) is 5. The molecule has 8 nitrogen and oxygen atoms in total. The van der Waals surface area contributed by atoms with Gasteiger partial charge in [-0.15, -0.1) is 0 Å². The molecule has 3 heterocycles. The Labute approximate surface area is 248 Å². The molecule has 1 aliphatic heterocycles. The highest BCUT2D eigenvalue weighted by Crippen LogP contribution is 2.36. The summed E-state index contributed by atoms with van der Waals surface area (Å²) in [7, 11) is -2.39. The van der Waals surface area contributed by atoms with Crippen molar-refractivity contribution in [3.05, 3.63) is 34.1 Å². The predicted molar refractivity (Wildman–Crippen MR) is 168 cm³/mol. The van der Waals surface area contributed by atoms with Gasteiger partial charge in [0.15, 0.2) is 5.82 Å². The average molecular weight is 647 g/mol. The van der Waals surface area contributed by atoms with Gasteiger partial charge in [-0.05, 0) is 49.0 Å². The summed E-state index contributed by atoms with van der Waals surface area (Å²) >= 11 is 3.64. The quantitative estimate of drug-likeness (QED) is 0.149. The fourth-order valence-corrected chi connectivity index (χ4v) is 6.79. The lowest BCUT2D eigenvalue weighted by Crippen LogP contribution is -2.27. The SMILES string of the molecule is C[Si](C)(C)CCOCn1c(-c2nn(COCC[Si](C)(C)C)c3cc(Br)ccc23)nc2c1CN(C(=O)CC1CC1)C2. The van der Waals surface area contributed by atoms with E-state index in [1.54, 1.807) is 0 Å². The molecule has 1 aromatic carbocycles. The van der Waals surface area contributed by atoms with E-state index in [2.05, 4.69) is 71.9 Å². The first-order valence-electron chi connectivity index (χ1n) is 14.6. The highest BCUT2D eigenvalue weighted by atomic mass is 79.9. The van der Waals surface area contributed by atoms with Crippen molar-refractivity contribution >= 4 is 48.9 Å². The van der Waals surface area contributed by atoms with E-state index in [1.807, 2.05) is 15.6 Å². The van der Waals surface area contributed by atoms with E-state index < -0.39 is 16.1 Å². The number of fused-ring (bicyclic) bond motifs is 2. The number of carbonyl (C=O) groups excluding carboxylic acids is 1. The van der Waals surface area contributed by atoms with Gasteiger partial charge < -0.3 is 18.9 Å². The van der Waals surface area contributed by atoms with Crippen LogP contribution in [0.2, 0.25) is 51.4 Å². The highest BCUT2D eigenvalue weighted by molar-refractivity contribution is 9.10. The lowest BCUT2D eigenvalue weighted by Gasteiger charge is -2.18. The van der Waals surface area contributed by atoms with E-state index in [4.69, 9.17) is 19.6 Å². The van der Waals surface area contributed by atoms with Crippen LogP contribution in [0.3, 0.4) is 0 Å². The molecule has 0 atom stereocenters. The molecule has 1 amide bonds. The Bertz CT molecular complexity index is 1370. The second-order valence-corrected chi connectivity index (χ2v) is 26.0. The van der Waals surface area contributed by atoms with Gasteiger partial charge in [0.1, 0.15) is 19.2 Å². The molecule has 0 N–H and O–H groups in total. The number of benzene rings is 1. The lowest BCUT2D eigenvalue weighted by atomic mass is 10.2. The second-order valence-electron chi connectivity index (χ2n) is 13.9. The van der Waals surface area contributed by atoms with Crippen molar-refractivity contribution in [1.29, 1.82) is 0 Å². The van der Waals surface area contributed by atoms with Crippen LogP contribution in [0.15, 0.2) is 22.7 Å². The Balaban J connectivity index is 1.44. The van der Waals surface area contributed by atoms with Gasteiger partial charge in [0.2, 0.25) is 5.91 Å². The van der Waals surface area contributed by atoms with E-state index in [9.17, 15) is 4.79 Å². The largest absolute Gasteiger partial charge is 0.361 e. The second kappa shape index (κ2) is 11.8. The van der Waals surface area contributed by atoms with Crippen molar-refractivity contribution in [2.75, 3.05) is 13.2 Å². The van der Waals surface area contributed by atoms with E-state index in [1.165, 1.54) is 12.8 Å². The summed E-state index contributed by atoms with van der Waals surface area (Å²) in [6, 6.07) is 8.46. The third-order valence-corrected chi connectivity index (χ3v) is 11.6. The summed E-state index contributed by atoms with van der Waals surface area (Å²) in [6.07, 6.45) is 3.02. The predicted octanol–water partition coefficient (Wildman–Crippen LogP) is 6.93. The van der Waals surface area contributed by atoms with Crippen molar-refractivity contribution in [3.8, 4) is 11.5 Å². The zero-order chi connectivity index (χ0) is 28.7. The van der Waals surface area contributed by atoms with Crippen molar-refractivity contribution in [2.24, 2.45) is 5.92 Å². The minimum Gasteiger partial charge on any atom is -0.361 e. The maximum Gasteiger partial charge on any atom is 0.223 e. The highest BCUT2D eigenvalue weighted by Gasteiger charge is 2.34. The number of rotatable bonds is 13. The summed E-state index contributed by atoms with van der Waals surface area (Å²) in [5.74, 6) is 1.62. The fourth-order valence-electron chi connectivity index (χ4n) is 4.93. The molecule has 0 bridgehead atoms. The monoisotopic (exact) mass is 645 g/mol. The molecule has 3 aromatic rings. The van der Waals surface area contributed by atoms with Crippen LogP contribution in [0, 0.1) is 5.92 Å². The van der Waals surface area contributed by atoms with Gasteiger partial charge in [-0.2, -0.15) is 5.10 Å². The van der Waals surface area contributed by atoms with Crippen molar-refractivity contribution in [2.45, 2.75) is 97.2 Å². The van der Waals surface area contributed by atoms with Gasteiger partial charge in [-0.3, -0.25) is 4.79 Å². The average Bonchev–Trinajstić information content (AvgIpc) is 3.32. The van der Waals surface area contributed by atoms with Crippen LogP contribution in [-0.4, -0.2) is 59.5 Å². The van der Waals surface area contributed by atoms with E-state index in [0.29, 0.717) is 38.9 Å². The zero-order valence-electron chi connectivity index (χ0n) is 24.9. The van der Waals surface area contributed by atoms with E-state index >= 15 is 0 Å². The molecule has 218 valence electrons. The van der Waals surface area contributed by atoms with Gasteiger partial charge in [0.05, 0.1) is 30.0 Å². The number of imidazole rings is 1. The Kier molecular flexibility index (Phi) is 8.78. The maximum absolute atomic E-state index is 12.9. The van der Waals surface area contributed by atoms with Gasteiger partial charge >= 0.3 is 0 Å². The molecule has 0 spiro atoms. The molecule has 40 heavy (non-hydrogen) atoms. The van der Waals surface area contributed by atoms with Crippen LogP contribution in [0.4, 0.5) is 0 Å². The minimum absolute atomic E-state index is 0.239. The van der Waals surface area contributed by atoms with Crippen molar-refractivity contribution in [3.63, 3.8) is 0 Å². The number of halogens is 1. The lowest BCUT2D eigenvalue weighted by molar-refractivity contribution is -0.132. The molecule has 0 radical (unpaired) electrons. The summed E-state index contributed by atoms with van der Waals surface area (Å²) in [6.45, 7) is 17.6. The van der Waals surface area contributed by atoms with Crippen LogP contribution in [-0.2, 0) is 40.8 Å². The maximum atomic E-state index is 12.9. The van der Waals surface area contributed by atoms with E-state index in [0.717, 1.165) is 63.6 Å². The molecule has 1 aliphatic carbocycles. The Morgan fingerprint density at radius 3 is 2.33 bits per heavy atom. The number of carbonyl (C=O) groups is 1. The normalized spacial score (nSPS) is 15.8. The fraction of sp³-hybridized carbons (Fsp3) is 0.621. The summed E-state index contributed by atoms with van der Waals surface area (Å²) < 4.78 is 17.5. The van der Waals surface area contributed by atoms with Crippen molar-refractivity contribution < 1.29 is 14.3 Å². The van der Waals surface area contributed by atoms with Crippen LogP contribution >= 0.6 is 15.9 Å². The third kappa shape index (κ3) is 7.34. The molecule has 0 saturated heterocycles. The van der Waals surface area contributed by atoms with Crippen LogP contribution in [0.5, 0.6) is 0 Å². The Morgan fingerprint density at radius 2 is 1.68 bits per heavy atom. The van der Waals surface area contributed by atoms with Gasteiger partial charge in [-0.1, -0.05) is 55.2 Å². The first kappa shape index (κ1) is 29.7. The first-order chi connectivity index (χ1) is 18.9. The molecule has 1 saturated carbocycles. The molecule has 1 fully saturated rings. The topological polar surface area (TPSA) is 74.4 Å². The molecule has 0 unspecified atom stereocenters. The molecule has 5 rings (SSSR count). The third-order valence-electron chi connectivity index (χ3n) is 7.70. The molecule has 2 aromatic heterocycles. The molecular weight excluding hydrogens is 602 g/mol. The minimum atomic E-state index is -1.21. The zero-order valence-corrected chi connectivity index (χ0v) is 28.5. The first-order valence-corrected chi connectivity index (χ1v) is 22.8. The van der Waals surface area contributed by atoms with Crippen LogP contribution in [0.25, 0.3) is 22.4 Å². The molecular formula is C29H44BrN5O3Si2. The standard InChI is InChI=1S/C29H44BrN5O3Si2/c1-39(2,3)13-11-37-19-34-26-18-33(27(36)15-21-7-8-21)17-24(26)31-29(34)28-23-10-9-22(30)16-25(23)35(32-28)20-38-12-14-40(4,5)6/h9-10,16,21H,7-8,11-15,17-20H2,1-6H3. The number of hydrogen-bond donors (Lipinski definition) is 0. The van der Waals surface area contributed by atoms with Gasteiger partial charge in [-0.25, -0.2) is 9.67 Å². The van der Waals surface area contributed by atoms with Gasteiger partial charge in [0, 0.05) is 45.6 Å². The summed E-state index contributed by atoms with van der Waals surface area (Å²) in [4.78, 5) is 20.0. The van der Waals surface area contributed by atoms with E-state index in [-0.39, 0.29) is 5.91 Å². The Morgan fingerprint density at radius 1 is 1.00 bits per heavy atom. The number of amides is 1. The number of hydrogen-bond acceptors (Lipinski definition) is 5.